The van der Waals surface area contributed by atoms with Crippen LogP contribution in [0.3, 0.4) is 0 Å². The molecule has 0 saturated carbocycles. The lowest BCUT2D eigenvalue weighted by molar-refractivity contribution is 0.148. The smallest absolute Gasteiger partial charge is 0.120 e. The lowest BCUT2D eigenvalue weighted by Gasteiger charge is -2.07. The molecule has 0 aromatic rings. The molecule has 0 aliphatic rings. The van der Waals surface area contributed by atoms with Crippen molar-refractivity contribution >= 4 is 6.21 Å². The van der Waals surface area contributed by atoms with Gasteiger partial charge in [0.1, 0.15) is 12.8 Å². The van der Waals surface area contributed by atoms with E-state index in [1.54, 1.807) is 6.08 Å². The second kappa shape index (κ2) is 4.94. The van der Waals surface area contributed by atoms with Crippen molar-refractivity contribution in [2.75, 3.05) is 6.61 Å². The van der Waals surface area contributed by atoms with Gasteiger partial charge in [0.05, 0.1) is 0 Å². The summed E-state index contributed by atoms with van der Waals surface area (Å²) in [5.74, 6) is 0. The maximum Gasteiger partial charge on any atom is 0.120 e. The van der Waals surface area contributed by atoms with Crippen LogP contribution in [-0.4, -0.2) is 12.8 Å². The van der Waals surface area contributed by atoms with Crippen molar-refractivity contribution in [1.82, 2.24) is 0 Å². The lowest BCUT2D eigenvalue weighted by Crippen LogP contribution is -2.06. The molecule has 0 aliphatic heterocycles. The minimum atomic E-state index is -0.0197. The van der Waals surface area contributed by atoms with Crippen LogP contribution in [0.2, 0.25) is 0 Å². The van der Waals surface area contributed by atoms with Gasteiger partial charge in [-0.15, -0.1) is 6.58 Å². The Bertz CT molecular complexity index is 133. The fraction of sp³-hybridized carbons (Fsp3) is 0.667. The Balaban J connectivity index is 3.37. The van der Waals surface area contributed by atoms with Crippen LogP contribution in [0.5, 0.6) is 0 Å². The Kier molecular flexibility index (Phi) is 4.59. The largest absolute Gasteiger partial charge is 0.395 e. The van der Waals surface area contributed by atoms with E-state index in [0.717, 1.165) is 6.42 Å². The molecule has 0 rings (SSSR count). The van der Waals surface area contributed by atoms with Crippen LogP contribution < -0.4 is 0 Å². The molecule has 0 bridgehead atoms. The van der Waals surface area contributed by atoms with E-state index in [1.807, 2.05) is 20.8 Å². The average molecular weight is 154 g/mol. The van der Waals surface area contributed by atoms with Crippen LogP contribution in [0.15, 0.2) is 17.8 Å². The van der Waals surface area contributed by atoms with E-state index in [0.29, 0.717) is 6.61 Å². The molecule has 0 N–H and O–H groups in total. The molecule has 0 fully saturated rings. The number of hydrogen-bond acceptors (Lipinski definition) is 2. The van der Waals surface area contributed by atoms with Crippen LogP contribution in [0, 0.1) is 5.41 Å². The van der Waals surface area contributed by atoms with Gasteiger partial charge in [-0.25, -0.2) is 0 Å². The molecule has 0 aliphatic carbocycles. The average Bonchev–Trinajstić information content (AvgIpc) is 1.85. The number of hydrogen-bond donors (Lipinski definition) is 0. The number of nitrogens with zero attached hydrogens (tertiary/aromatic N) is 1. The van der Waals surface area contributed by atoms with Gasteiger partial charge in [0.15, 0.2) is 0 Å². The van der Waals surface area contributed by atoms with E-state index < -0.39 is 0 Å². The van der Waals surface area contributed by atoms with Crippen molar-refractivity contribution in [3.05, 3.63) is 12.7 Å². The van der Waals surface area contributed by atoms with Crippen LogP contribution in [0.25, 0.3) is 0 Å². The van der Waals surface area contributed by atoms with Gasteiger partial charge in [-0.3, -0.25) is 0 Å². The summed E-state index contributed by atoms with van der Waals surface area (Å²) in [5, 5.41) is 3.68. The van der Waals surface area contributed by atoms with Crippen molar-refractivity contribution in [2.45, 2.75) is 27.2 Å². The van der Waals surface area contributed by atoms with E-state index in [-0.39, 0.29) is 5.41 Å². The van der Waals surface area contributed by atoms with Gasteiger partial charge in [0.25, 0.3) is 0 Å². The molecule has 0 spiro atoms. The van der Waals surface area contributed by atoms with E-state index >= 15 is 0 Å². The maximum absolute atomic E-state index is 4.89. The summed E-state index contributed by atoms with van der Waals surface area (Å²) in [7, 11) is 0. The Hall–Kier alpha value is -0.790. The second-order valence-corrected chi connectivity index (χ2v) is 3.36. The fourth-order valence-electron chi connectivity index (χ4n) is 0.351. The first-order chi connectivity index (χ1) is 5.06. The first-order valence-electron chi connectivity index (χ1n) is 3.76. The zero-order valence-corrected chi connectivity index (χ0v) is 7.55. The number of rotatable bonds is 4. The van der Waals surface area contributed by atoms with Crippen molar-refractivity contribution in [2.24, 2.45) is 10.6 Å². The van der Waals surface area contributed by atoms with Crippen LogP contribution in [-0.2, 0) is 4.84 Å². The summed E-state index contributed by atoms with van der Waals surface area (Å²) < 4.78 is 0. The van der Waals surface area contributed by atoms with Crippen LogP contribution in [0.4, 0.5) is 0 Å². The highest BCUT2D eigenvalue weighted by Crippen LogP contribution is 2.08. The highest BCUT2D eigenvalue weighted by atomic mass is 16.6. The third-order valence-corrected chi connectivity index (χ3v) is 0.859. The molecule has 2 nitrogen and oxygen atoms in total. The zero-order chi connectivity index (χ0) is 8.74. The highest BCUT2D eigenvalue weighted by Gasteiger charge is 2.06. The Morgan fingerprint density at radius 3 is 2.64 bits per heavy atom. The first kappa shape index (κ1) is 10.2. The summed E-state index contributed by atoms with van der Waals surface area (Å²) in [6.45, 7) is 10.2. The topological polar surface area (TPSA) is 21.6 Å². The van der Waals surface area contributed by atoms with Gasteiger partial charge < -0.3 is 4.84 Å². The molecule has 2 heteroatoms. The molecule has 0 unspecified atom stereocenters. The molecule has 0 atom stereocenters. The summed E-state index contributed by atoms with van der Waals surface area (Å²) >= 11 is 0. The van der Waals surface area contributed by atoms with Gasteiger partial charge in [-0.2, -0.15) is 0 Å². The Morgan fingerprint density at radius 2 is 2.18 bits per heavy atom. The van der Waals surface area contributed by atoms with Crippen LogP contribution in [0.1, 0.15) is 27.2 Å². The van der Waals surface area contributed by atoms with E-state index in [1.165, 1.54) is 0 Å². The second-order valence-electron chi connectivity index (χ2n) is 3.36. The third-order valence-electron chi connectivity index (χ3n) is 0.859. The first-order valence-corrected chi connectivity index (χ1v) is 3.76. The summed E-state index contributed by atoms with van der Waals surface area (Å²) in [6.07, 6.45) is 5.48. The quantitative estimate of drug-likeness (QED) is 0.264. The molecule has 0 amide bonds. The van der Waals surface area contributed by atoms with E-state index in [2.05, 4.69) is 17.9 Å². The highest BCUT2D eigenvalue weighted by molar-refractivity contribution is 5.63. The van der Waals surface area contributed by atoms with Crippen molar-refractivity contribution in [3.8, 4) is 0 Å². The normalized spacial score (nSPS) is 11.9. The molecule has 63 valence electrons. The molecule has 1 radical (unpaired) electrons. The molecule has 0 aromatic carbocycles. The predicted molar refractivity (Wildman–Crippen MR) is 47.7 cm³/mol. The summed E-state index contributed by atoms with van der Waals surface area (Å²) in [6, 6.07) is 0. The molecular weight excluding hydrogens is 138 g/mol. The minimum absolute atomic E-state index is 0.0197. The van der Waals surface area contributed by atoms with Gasteiger partial charge in [-0.1, -0.05) is 32.0 Å². The van der Waals surface area contributed by atoms with Gasteiger partial charge in [0, 0.05) is 11.8 Å². The molecule has 11 heavy (non-hydrogen) atoms. The maximum atomic E-state index is 4.89. The van der Waals surface area contributed by atoms with Crippen molar-refractivity contribution in [1.29, 1.82) is 0 Å². The van der Waals surface area contributed by atoms with Gasteiger partial charge in [0.2, 0.25) is 0 Å². The SMILES string of the molecule is C=CCCO/N=[C]/C(C)(C)C. The molecule has 0 saturated heterocycles. The lowest BCUT2D eigenvalue weighted by atomic mass is 10.00. The third kappa shape index (κ3) is 9.21. The molecule has 0 aromatic heterocycles. The van der Waals surface area contributed by atoms with Gasteiger partial charge >= 0.3 is 0 Å². The van der Waals surface area contributed by atoms with Crippen LogP contribution >= 0.6 is 0 Å². The van der Waals surface area contributed by atoms with Crippen molar-refractivity contribution < 1.29 is 4.84 Å². The summed E-state index contributed by atoms with van der Waals surface area (Å²) in [5.41, 5.74) is -0.0197. The predicted octanol–water partition coefficient (Wildman–Crippen LogP) is 2.49. The molecule has 0 heterocycles. The fourth-order valence-corrected chi connectivity index (χ4v) is 0.351. The van der Waals surface area contributed by atoms with Crippen molar-refractivity contribution in [3.63, 3.8) is 0 Å². The monoisotopic (exact) mass is 154 g/mol. The summed E-state index contributed by atoms with van der Waals surface area (Å²) in [4.78, 5) is 4.89. The van der Waals surface area contributed by atoms with E-state index in [9.17, 15) is 0 Å². The zero-order valence-electron chi connectivity index (χ0n) is 7.55. The minimum Gasteiger partial charge on any atom is -0.395 e. The van der Waals surface area contributed by atoms with Gasteiger partial charge in [-0.05, 0) is 0 Å². The standard InChI is InChI=1S/C9H16NO/c1-5-6-7-11-10-8-9(2,3)4/h5H,1,6-7H2,2-4H3. The Labute approximate surface area is 68.9 Å². The Morgan fingerprint density at radius 1 is 1.55 bits per heavy atom. The van der Waals surface area contributed by atoms with E-state index in [4.69, 9.17) is 4.84 Å². The molecular formula is C9H16NO.